The van der Waals surface area contributed by atoms with Gasteiger partial charge in [0, 0.05) is 0 Å². The second kappa shape index (κ2) is 8.87. The molecule has 1 aromatic carbocycles. The second-order valence-electron chi connectivity index (χ2n) is 3.02. The van der Waals surface area contributed by atoms with Crippen molar-refractivity contribution in [3.8, 4) is 0 Å². The van der Waals surface area contributed by atoms with Crippen LogP contribution >= 0.6 is 0 Å². The Bertz CT molecular complexity index is 245. The van der Waals surface area contributed by atoms with Crippen molar-refractivity contribution in [1.82, 2.24) is 0 Å². The Labute approximate surface area is 94.5 Å². The van der Waals surface area contributed by atoms with Crippen LogP contribution in [0.3, 0.4) is 0 Å². The van der Waals surface area contributed by atoms with E-state index in [0.29, 0.717) is 5.56 Å². The Morgan fingerprint density at radius 2 is 1.93 bits per heavy atom. The third-order valence-corrected chi connectivity index (χ3v) is 1.73. The first-order valence-electron chi connectivity index (χ1n) is 5.00. The van der Waals surface area contributed by atoms with Gasteiger partial charge in [0.15, 0.2) is 0 Å². The average Bonchev–Trinajstić information content (AvgIpc) is 2.21. The molecule has 0 aliphatic rings. The van der Waals surface area contributed by atoms with Crippen molar-refractivity contribution in [2.45, 2.75) is 24.9 Å². The molecule has 2 nitrogen and oxygen atoms in total. The summed E-state index contributed by atoms with van der Waals surface area (Å²) in [5, 5.41) is 9.73. The summed E-state index contributed by atoms with van der Waals surface area (Å²) in [5.74, 6) is -0.879. The van der Waals surface area contributed by atoms with Gasteiger partial charge in [-0.05, 0) is 12.1 Å². The molecule has 72 valence electrons. The van der Waals surface area contributed by atoms with Gasteiger partial charge in [0.1, 0.15) is 0 Å². The third kappa shape index (κ3) is 6.77. The molecule has 14 heavy (non-hydrogen) atoms. The number of carbonyl (C=O) groups is 1. The molecule has 0 fully saturated rings. The molecule has 0 saturated carbocycles. The maximum absolute atomic E-state index is 10.2. The summed E-state index contributed by atoms with van der Waals surface area (Å²) >= 11 is 2.21. The van der Waals surface area contributed by atoms with Gasteiger partial charge >= 0.3 is 48.5 Å². The van der Waals surface area contributed by atoms with Crippen molar-refractivity contribution in [2.75, 3.05) is 0 Å². The fraction of sp³-hybridized carbons (Fsp3) is 0.364. The molecule has 3 heteroatoms. The molecule has 1 rings (SSSR count). The van der Waals surface area contributed by atoms with Crippen LogP contribution < -0.4 is 0 Å². The van der Waals surface area contributed by atoms with Crippen LogP contribution in [-0.2, 0) is 0 Å². The Kier molecular flexibility index (Phi) is 8.42. The Hall–Kier alpha value is -0.713. The summed E-state index contributed by atoms with van der Waals surface area (Å²) in [4.78, 5) is 10.2. The zero-order valence-corrected chi connectivity index (χ0v) is 8.86. The first kappa shape index (κ1) is 13.3. The molecular weight excluding hydrogens is 171 g/mol. The van der Waals surface area contributed by atoms with Gasteiger partial charge in [0.05, 0.1) is 5.56 Å². The molecule has 0 aliphatic heterocycles. The minimum absolute atomic E-state index is 0.331. The van der Waals surface area contributed by atoms with E-state index in [1.807, 2.05) is 0 Å². The van der Waals surface area contributed by atoms with Crippen molar-refractivity contribution in [2.24, 2.45) is 0 Å². The van der Waals surface area contributed by atoms with Crippen LogP contribution in [0, 0.1) is 0 Å². The standard InChI is InChI=1S/C7H6O2.C4H9.Li/c8-7(9)6-4-2-1-3-5-6;1-3-4-2;/h1-5H,(H,8,9);1,3-4H2,2H3;. The van der Waals surface area contributed by atoms with E-state index in [9.17, 15) is 4.79 Å². The van der Waals surface area contributed by atoms with E-state index in [1.165, 1.54) is 17.9 Å². The predicted octanol–water partition coefficient (Wildman–Crippen LogP) is 2.76. The molecule has 0 radical (unpaired) electrons. The first-order valence-corrected chi connectivity index (χ1v) is 5.00. The normalized spacial score (nSPS) is 8.79. The van der Waals surface area contributed by atoms with Gasteiger partial charge in [0.25, 0.3) is 0 Å². The quantitative estimate of drug-likeness (QED) is 0.737. The van der Waals surface area contributed by atoms with E-state index >= 15 is 0 Å². The molecule has 0 amide bonds. The van der Waals surface area contributed by atoms with Crippen molar-refractivity contribution in [3.05, 3.63) is 35.9 Å². The van der Waals surface area contributed by atoms with Crippen LogP contribution in [0.4, 0.5) is 0 Å². The number of rotatable bonds is 3. The first-order chi connectivity index (χ1) is 6.72. The number of benzene rings is 1. The van der Waals surface area contributed by atoms with Crippen LogP contribution in [0.5, 0.6) is 0 Å². The summed E-state index contributed by atoms with van der Waals surface area (Å²) in [6, 6.07) is 8.30. The molecule has 0 aliphatic carbocycles. The zero-order valence-electron chi connectivity index (χ0n) is 8.86. The fourth-order valence-corrected chi connectivity index (χ4v) is 0.934. The van der Waals surface area contributed by atoms with E-state index in [-0.39, 0.29) is 0 Å². The molecule has 0 spiro atoms. The van der Waals surface area contributed by atoms with Crippen LogP contribution in [0.2, 0.25) is 5.09 Å². The summed E-state index contributed by atoms with van der Waals surface area (Å²) in [6.07, 6.45) is 2.73. The van der Waals surface area contributed by atoms with Crippen molar-refractivity contribution >= 4 is 23.7 Å². The fourth-order valence-electron chi connectivity index (χ4n) is 0.934. The van der Waals surface area contributed by atoms with Gasteiger partial charge in [-0.1, -0.05) is 18.2 Å². The number of hydrogen-bond acceptors (Lipinski definition) is 1. The molecule has 0 unspecified atom stereocenters. The van der Waals surface area contributed by atoms with Crippen LogP contribution in [0.15, 0.2) is 30.3 Å². The number of carboxylic acid groups (broad SMARTS) is 1. The van der Waals surface area contributed by atoms with Gasteiger partial charge in [0.2, 0.25) is 0 Å². The predicted molar refractivity (Wildman–Crippen MR) is 58.9 cm³/mol. The van der Waals surface area contributed by atoms with Crippen molar-refractivity contribution in [1.29, 1.82) is 0 Å². The maximum atomic E-state index is 10.2. The SMILES string of the molecule is O=C(O)c1ccccc1.[Li][CH2]CCC. The average molecular weight is 186 g/mol. The third-order valence-electron chi connectivity index (χ3n) is 1.73. The van der Waals surface area contributed by atoms with Gasteiger partial charge in [-0.3, -0.25) is 0 Å². The van der Waals surface area contributed by atoms with Gasteiger partial charge in [-0.15, -0.1) is 0 Å². The molecule has 0 saturated heterocycles. The number of carboxylic acids is 1. The van der Waals surface area contributed by atoms with Crippen LogP contribution in [0.1, 0.15) is 30.1 Å². The van der Waals surface area contributed by atoms with Crippen molar-refractivity contribution < 1.29 is 9.90 Å². The van der Waals surface area contributed by atoms with E-state index in [2.05, 4.69) is 24.6 Å². The minimum atomic E-state index is -0.879. The molecular formula is C11H15LiO2. The van der Waals surface area contributed by atoms with Gasteiger partial charge in [-0.2, -0.15) is 0 Å². The molecule has 0 aromatic heterocycles. The van der Waals surface area contributed by atoms with E-state index in [1.54, 1.807) is 30.3 Å². The van der Waals surface area contributed by atoms with Crippen LogP contribution in [0.25, 0.3) is 0 Å². The topological polar surface area (TPSA) is 37.3 Å². The summed E-state index contributed by atoms with van der Waals surface area (Å²) in [7, 11) is 0. The molecule has 0 bridgehead atoms. The Morgan fingerprint density at radius 3 is 2.14 bits per heavy atom. The van der Waals surface area contributed by atoms with E-state index < -0.39 is 5.97 Å². The zero-order chi connectivity index (χ0) is 10.8. The summed E-state index contributed by atoms with van der Waals surface area (Å²) in [6.45, 7) is 2.21. The molecule has 1 aromatic rings. The van der Waals surface area contributed by atoms with E-state index in [4.69, 9.17) is 5.11 Å². The number of aromatic carboxylic acids is 1. The summed E-state index contributed by atoms with van der Waals surface area (Å²) in [5.41, 5.74) is 0.331. The number of unbranched alkanes of at least 4 members (excludes halogenated alkanes) is 1. The molecule has 1 N–H and O–H groups in total. The van der Waals surface area contributed by atoms with E-state index in [0.717, 1.165) is 0 Å². The monoisotopic (exact) mass is 186 g/mol. The second-order valence-corrected chi connectivity index (χ2v) is 3.02. The Morgan fingerprint density at radius 1 is 1.36 bits per heavy atom. The Balaban J connectivity index is 0.000000292. The van der Waals surface area contributed by atoms with Gasteiger partial charge in [-0.25, -0.2) is 4.79 Å². The van der Waals surface area contributed by atoms with Crippen molar-refractivity contribution in [3.63, 3.8) is 0 Å². The number of hydrogen-bond donors (Lipinski definition) is 1. The van der Waals surface area contributed by atoms with Gasteiger partial charge < -0.3 is 5.11 Å². The molecule has 0 atom stereocenters. The van der Waals surface area contributed by atoms with Crippen LogP contribution in [-0.4, -0.2) is 28.8 Å². The summed E-state index contributed by atoms with van der Waals surface area (Å²) < 4.78 is 0. The molecule has 0 heterocycles.